The van der Waals surface area contributed by atoms with Crippen LogP contribution in [-0.4, -0.2) is 47.3 Å². The highest BCUT2D eigenvalue weighted by atomic mass is 16.5. The highest BCUT2D eigenvalue weighted by Gasteiger charge is 2.12. The van der Waals surface area contributed by atoms with E-state index in [1.54, 1.807) is 0 Å². The highest BCUT2D eigenvalue weighted by molar-refractivity contribution is 5.75. The molecular formula is C21H30N4O3. The Hall–Kier alpha value is -2.25. The molecule has 0 spiro atoms. The summed E-state index contributed by atoms with van der Waals surface area (Å²) in [5, 5.41) is 6.94. The fourth-order valence-electron chi connectivity index (χ4n) is 3.15. The molecule has 0 saturated carbocycles. The Morgan fingerprint density at radius 3 is 2.79 bits per heavy atom. The molecule has 1 fully saturated rings. The summed E-state index contributed by atoms with van der Waals surface area (Å²) in [6, 6.07) is 8.41. The zero-order chi connectivity index (χ0) is 19.8. The van der Waals surface area contributed by atoms with Gasteiger partial charge in [0.05, 0.1) is 13.2 Å². The molecule has 1 aliphatic rings. The van der Waals surface area contributed by atoms with Crippen LogP contribution in [0, 0.1) is 0 Å². The van der Waals surface area contributed by atoms with Crippen LogP contribution in [0.15, 0.2) is 28.8 Å². The molecular weight excluding hydrogens is 356 g/mol. The van der Waals surface area contributed by atoms with Crippen LogP contribution in [0.5, 0.6) is 0 Å². The molecule has 0 atom stereocenters. The Bertz CT molecular complexity index is 754. The molecule has 1 aromatic carbocycles. The number of ether oxygens (including phenoxy) is 1. The number of carbonyl (C=O) groups excluding carboxylic acids is 1. The number of carbonyl (C=O) groups is 1. The van der Waals surface area contributed by atoms with Crippen LogP contribution in [0.3, 0.4) is 0 Å². The SMILES string of the molecule is CC(C)c1noc(CCCC(=O)NCc2cccc(CN3CCOCC3)c2)n1. The van der Waals surface area contributed by atoms with Crippen molar-refractivity contribution in [2.24, 2.45) is 0 Å². The van der Waals surface area contributed by atoms with Crippen molar-refractivity contribution in [1.82, 2.24) is 20.4 Å². The summed E-state index contributed by atoms with van der Waals surface area (Å²) < 4.78 is 10.6. The maximum absolute atomic E-state index is 12.1. The maximum Gasteiger partial charge on any atom is 0.226 e. The lowest BCUT2D eigenvalue weighted by atomic mass is 10.1. The molecule has 7 heteroatoms. The minimum absolute atomic E-state index is 0.0437. The first-order valence-electron chi connectivity index (χ1n) is 10.1. The van der Waals surface area contributed by atoms with Crippen LogP contribution in [0.4, 0.5) is 0 Å². The standard InChI is InChI=1S/C21H30N4O3/c1-16(2)21-23-20(28-24-21)8-4-7-19(26)22-14-17-5-3-6-18(13-17)15-25-9-11-27-12-10-25/h3,5-6,13,16H,4,7-12,14-15H2,1-2H3,(H,22,26). The molecule has 1 saturated heterocycles. The number of morpholine rings is 1. The topological polar surface area (TPSA) is 80.5 Å². The first kappa shape index (κ1) is 20.5. The third-order valence-electron chi connectivity index (χ3n) is 4.79. The van der Waals surface area contributed by atoms with Gasteiger partial charge in [-0.15, -0.1) is 0 Å². The Morgan fingerprint density at radius 2 is 2.04 bits per heavy atom. The van der Waals surface area contributed by atoms with Crippen LogP contribution in [0.2, 0.25) is 0 Å². The van der Waals surface area contributed by atoms with Crippen molar-refractivity contribution in [3.05, 3.63) is 47.1 Å². The van der Waals surface area contributed by atoms with E-state index in [1.165, 1.54) is 5.56 Å². The predicted octanol–water partition coefficient (Wildman–Crippen LogP) is 2.66. The molecule has 1 aromatic heterocycles. The normalized spacial score (nSPS) is 15.1. The van der Waals surface area contributed by atoms with Gasteiger partial charge in [0.25, 0.3) is 0 Å². The maximum atomic E-state index is 12.1. The van der Waals surface area contributed by atoms with Crippen LogP contribution in [0.25, 0.3) is 0 Å². The number of hydrogen-bond acceptors (Lipinski definition) is 6. The van der Waals surface area contributed by atoms with Gasteiger partial charge in [-0.2, -0.15) is 4.98 Å². The molecule has 2 aromatic rings. The number of benzene rings is 1. The van der Waals surface area contributed by atoms with E-state index in [0.29, 0.717) is 31.7 Å². The number of nitrogens with one attached hydrogen (secondary N) is 1. The Morgan fingerprint density at radius 1 is 1.25 bits per heavy atom. The van der Waals surface area contributed by atoms with Crippen LogP contribution >= 0.6 is 0 Å². The molecule has 28 heavy (non-hydrogen) atoms. The van der Waals surface area contributed by atoms with Crippen molar-refractivity contribution >= 4 is 5.91 Å². The van der Waals surface area contributed by atoms with Gasteiger partial charge in [-0.25, -0.2) is 0 Å². The van der Waals surface area contributed by atoms with Gasteiger partial charge in [0, 0.05) is 44.9 Å². The number of hydrogen-bond donors (Lipinski definition) is 1. The van der Waals surface area contributed by atoms with E-state index >= 15 is 0 Å². The average molecular weight is 386 g/mol. The molecule has 152 valence electrons. The lowest BCUT2D eigenvalue weighted by molar-refractivity contribution is -0.121. The third-order valence-corrected chi connectivity index (χ3v) is 4.79. The second-order valence-corrected chi connectivity index (χ2v) is 7.54. The highest BCUT2D eigenvalue weighted by Crippen LogP contribution is 2.12. The first-order chi connectivity index (χ1) is 13.6. The van der Waals surface area contributed by atoms with Crippen LogP contribution < -0.4 is 5.32 Å². The number of rotatable bonds is 9. The van der Waals surface area contributed by atoms with Crippen molar-refractivity contribution in [2.75, 3.05) is 26.3 Å². The van der Waals surface area contributed by atoms with E-state index in [2.05, 4.69) is 44.6 Å². The van der Waals surface area contributed by atoms with Crippen LogP contribution in [-0.2, 0) is 29.0 Å². The average Bonchev–Trinajstić information content (AvgIpc) is 3.17. The molecule has 0 radical (unpaired) electrons. The fourth-order valence-corrected chi connectivity index (χ4v) is 3.15. The Kier molecular flexibility index (Phi) is 7.56. The van der Waals surface area contributed by atoms with Crippen molar-refractivity contribution in [2.45, 2.75) is 52.1 Å². The van der Waals surface area contributed by atoms with Gasteiger partial charge in [-0.1, -0.05) is 43.3 Å². The smallest absolute Gasteiger partial charge is 0.226 e. The summed E-state index contributed by atoms with van der Waals surface area (Å²) in [5.41, 5.74) is 2.39. The number of amides is 1. The van der Waals surface area contributed by atoms with E-state index < -0.39 is 0 Å². The molecule has 1 amide bonds. The Labute approximate surface area is 166 Å². The van der Waals surface area contributed by atoms with E-state index in [-0.39, 0.29) is 11.8 Å². The monoisotopic (exact) mass is 386 g/mol. The molecule has 7 nitrogen and oxygen atoms in total. The van der Waals surface area contributed by atoms with Gasteiger partial charge in [0.15, 0.2) is 5.82 Å². The van der Waals surface area contributed by atoms with Gasteiger partial charge in [0.1, 0.15) is 0 Å². The minimum atomic E-state index is 0.0437. The van der Waals surface area contributed by atoms with Gasteiger partial charge in [0.2, 0.25) is 11.8 Å². The largest absolute Gasteiger partial charge is 0.379 e. The first-order valence-corrected chi connectivity index (χ1v) is 10.1. The zero-order valence-corrected chi connectivity index (χ0v) is 16.8. The zero-order valence-electron chi connectivity index (χ0n) is 16.8. The van der Waals surface area contributed by atoms with E-state index in [4.69, 9.17) is 9.26 Å². The lowest BCUT2D eigenvalue weighted by Crippen LogP contribution is -2.35. The molecule has 2 heterocycles. The van der Waals surface area contributed by atoms with Crippen molar-refractivity contribution in [3.63, 3.8) is 0 Å². The summed E-state index contributed by atoms with van der Waals surface area (Å²) in [7, 11) is 0. The predicted molar refractivity (Wildman–Crippen MR) is 106 cm³/mol. The van der Waals surface area contributed by atoms with Crippen LogP contribution in [0.1, 0.15) is 55.4 Å². The number of nitrogens with zero attached hydrogens (tertiary/aromatic N) is 3. The van der Waals surface area contributed by atoms with Gasteiger partial charge >= 0.3 is 0 Å². The quantitative estimate of drug-likeness (QED) is 0.714. The molecule has 0 aliphatic carbocycles. The summed E-state index contributed by atoms with van der Waals surface area (Å²) in [5.74, 6) is 1.62. The molecule has 0 unspecified atom stereocenters. The minimum Gasteiger partial charge on any atom is -0.379 e. The van der Waals surface area contributed by atoms with E-state index in [1.807, 2.05) is 13.8 Å². The Balaban J connectivity index is 1.38. The van der Waals surface area contributed by atoms with Gasteiger partial charge in [-0.05, 0) is 17.5 Å². The van der Waals surface area contributed by atoms with Crippen molar-refractivity contribution in [3.8, 4) is 0 Å². The summed E-state index contributed by atoms with van der Waals surface area (Å²) in [6.45, 7) is 9.08. The lowest BCUT2D eigenvalue weighted by Gasteiger charge is -2.26. The van der Waals surface area contributed by atoms with E-state index in [0.717, 1.165) is 44.2 Å². The van der Waals surface area contributed by atoms with Gasteiger partial charge < -0.3 is 14.6 Å². The molecule has 0 bridgehead atoms. The molecule has 1 N–H and O–H groups in total. The second-order valence-electron chi connectivity index (χ2n) is 7.54. The fraction of sp³-hybridized carbons (Fsp3) is 0.571. The van der Waals surface area contributed by atoms with Crippen molar-refractivity contribution < 1.29 is 14.1 Å². The summed E-state index contributed by atoms with van der Waals surface area (Å²) in [4.78, 5) is 18.9. The molecule has 1 aliphatic heterocycles. The van der Waals surface area contributed by atoms with E-state index in [9.17, 15) is 4.79 Å². The summed E-state index contributed by atoms with van der Waals surface area (Å²) in [6.07, 6.45) is 1.78. The number of aryl methyl sites for hydroxylation is 1. The molecule has 3 rings (SSSR count). The van der Waals surface area contributed by atoms with Gasteiger partial charge in [-0.3, -0.25) is 9.69 Å². The second kappa shape index (κ2) is 10.3. The summed E-state index contributed by atoms with van der Waals surface area (Å²) >= 11 is 0. The van der Waals surface area contributed by atoms with Crippen molar-refractivity contribution in [1.29, 1.82) is 0 Å². The number of aromatic nitrogens is 2. The third kappa shape index (κ3) is 6.42.